The van der Waals surface area contributed by atoms with Crippen LogP contribution in [0.15, 0.2) is 0 Å². The summed E-state index contributed by atoms with van der Waals surface area (Å²) in [5, 5.41) is 2.95. The fraction of sp³-hybridized carbons (Fsp3) is 0.917. The Morgan fingerprint density at radius 1 is 1.50 bits per heavy atom. The van der Waals surface area contributed by atoms with Gasteiger partial charge in [-0.3, -0.25) is 0 Å². The minimum absolute atomic E-state index is 0.135. The largest absolute Gasteiger partial charge is 0.449 e. The van der Waals surface area contributed by atoms with E-state index in [1.54, 1.807) is 0 Å². The molecule has 1 aliphatic carbocycles. The van der Waals surface area contributed by atoms with Crippen LogP contribution in [0, 0.1) is 5.92 Å². The van der Waals surface area contributed by atoms with Gasteiger partial charge in [-0.05, 0) is 38.5 Å². The lowest BCUT2D eigenvalue weighted by molar-refractivity contribution is 0.114. The molecule has 0 atom stereocenters. The van der Waals surface area contributed by atoms with Crippen molar-refractivity contribution in [3.8, 4) is 0 Å². The number of hydrogen-bond donors (Lipinski definition) is 2. The molecule has 0 bridgehead atoms. The lowest BCUT2D eigenvalue weighted by atomic mass is 9.81. The molecular weight excluding hydrogens is 204 g/mol. The molecule has 0 aromatic carbocycles. The Morgan fingerprint density at radius 2 is 2.06 bits per heavy atom. The Hall–Kier alpha value is -0.770. The van der Waals surface area contributed by atoms with Crippen molar-refractivity contribution < 1.29 is 9.53 Å². The number of alkyl carbamates (subject to hydrolysis) is 1. The first-order valence-corrected chi connectivity index (χ1v) is 6.12. The zero-order valence-electron chi connectivity index (χ0n) is 10.6. The molecule has 1 amide bonds. The van der Waals surface area contributed by atoms with Crippen molar-refractivity contribution in [3.63, 3.8) is 0 Å². The monoisotopic (exact) mass is 228 g/mol. The van der Waals surface area contributed by atoms with Gasteiger partial charge < -0.3 is 15.8 Å². The maximum Gasteiger partial charge on any atom is 0.407 e. The van der Waals surface area contributed by atoms with Crippen LogP contribution in [0.3, 0.4) is 0 Å². The lowest BCUT2D eigenvalue weighted by Crippen LogP contribution is -2.50. The maximum absolute atomic E-state index is 11.5. The van der Waals surface area contributed by atoms with Crippen LogP contribution in [-0.2, 0) is 4.74 Å². The highest BCUT2D eigenvalue weighted by Crippen LogP contribution is 2.27. The third-order valence-corrected chi connectivity index (χ3v) is 3.09. The van der Waals surface area contributed by atoms with E-state index in [1.807, 2.05) is 13.8 Å². The van der Waals surface area contributed by atoms with Crippen molar-refractivity contribution >= 4 is 6.09 Å². The van der Waals surface area contributed by atoms with E-state index in [1.165, 1.54) is 0 Å². The zero-order valence-corrected chi connectivity index (χ0v) is 10.6. The highest BCUT2D eigenvalue weighted by atomic mass is 16.5. The lowest BCUT2D eigenvalue weighted by Gasteiger charge is -2.36. The summed E-state index contributed by atoms with van der Waals surface area (Å²) in [7, 11) is 0. The molecule has 0 radical (unpaired) electrons. The van der Waals surface area contributed by atoms with Crippen molar-refractivity contribution in [2.45, 2.75) is 58.0 Å². The summed E-state index contributed by atoms with van der Waals surface area (Å²) >= 11 is 0. The number of carbonyl (C=O) groups excluding carboxylic acids is 1. The number of carbonyl (C=O) groups is 1. The molecule has 0 aromatic rings. The van der Waals surface area contributed by atoms with Crippen LogP contribution in [0.4, 0.5) is 4.79 Å². The first-order valence-electron chi connectivity index (χ1n) is 6.12. The van der Waals surface area contributed by atoms with E-state index >= 15 is 0 Å². The molecule has 0 aliphatic heterocycles. The Balaban J connectivity index is 2.32. The zero-order chi connectivity index (χ0) is 12.2. The summed E-state index contributed by atoms with van der Waals surface area (Å²) in [4.78, 5) is 11.5. The van der Waals surface area contributed by atoms with Crippen molar-refractivity contribution in [2.75, 3.05) is 6.61 Å². The van der Waals surface area contributed by atoms with E-state index in [-0.39, 0.29) is 11.6 Å². The summed E-state index contributed by atoms with van der Waals surface area (Å²) in [6.07, 6.45) is 3.52. The van der Waals surface area contributed by atoms with Gasteiger partial charge in [0.1, 0.15) is 0 Å². The number of amides is 1. The topological polar surface area (TPSA) is 64.3 Å². The van der Waals surface area contributed by atoms with Crippen molar-refractivity contribution in [2.24, 2.45) is 11.7 Å². The first kappa shape index (κ1) is 13.3. The van der Waals surface area contributed by atoms with E-state index in [2.05, 4.69) is 12.2 Å². The summed E-state index contributed by atoms with van der Waals surface area (Å²) in [6.45, 7) is 6.58. The van der Waals surface area contributed by atoms with Crippen molar-refractivity contribution in [3.05, 3.63) is 0 Å². The molecule has 94 valence electrons. The van der Waals surface area contributed by atoms with Crippen LogP contribution < -0.4 is 11.1 Å². The van der Waals surface area contributed by atoms with Crippen LogP contribution in [0.1, 0.15) is 46.5 Å². The molecule has 1 rings (SSSR count). The van der Waals surface area contributed by atoms with E-state index in [4.69, 9.17) is 10.5 Å². The average Bonchev–Trinajstić information content (AvgIpc) is 2.20. The third-order valence-electron chi connectivity index (χ3n) is 3.09. The Kier molecular flexibility index (Phi) is 4.59. The second-order valence-corrected chi connectivity index (χ2v) is 5.52. The first-order chi connectivity index (χ1) is 7.41. The molecular formula is C12H24N2O2. The molecule has 4 nitrogen and oxygen atoms in total. The molecule has 0 spiro atoms. The number of nitrogens with two attached hydrogens (primary N) is 1. The minimum atomic E-state index is -0.299. The molecule has 0 heterocycles. The molecule has 0 unspecified atom stereocenters. The van der Waals surface area contributed by atoms with Gasteiger partial charge in [0.15, 0.2) is 0 Å². The molecule has 0 aromatic heterocycles. The van der Waals surface area contributed by atoms with Gasteiger partial charge in [0.05, 0.1) is 6.61 Å². The molecule has 3 N–H and O–H groups in total. The van der Waals surface area contributed by atoms with Gasteiger partial charge in [-0.15, -0.1) is 0 Å². The standard InChI is InChI=1S/C12H24N2O2/c1-9(2)8-16-11(15)14-12(3)6-4-10(13)5-7-12/h9-10H,4-8,13H2,1-3H3,(H,14,15). The molecule has 16 heavy (non-hydrogen) atoms. The fourth-order valence-electron chi connectivity index (χ4n) is 1.93. The molecule has 1 saturated carbocycles. The van der Waals surface area contributed by atoms with Crippen LogP contribution in [0.5, 0.6) is 0 Å². The minimum Gasteiger partial charge on any atom is -0.449 e. The number of ether oxygens (including phenoxy) is 1. The van der Waals surface area contributed by atoms with E-state index in [0.29, 0.717) is 18.6 Å². The van der Waals surface area contributed by atoms with Gasteiger partial charge in [-0.1, -0.05) is 13.8 Å². The van der Waals surface area contributed by atoms with Crippen LogP contribution in [0.25, 0.3) is 0 Å². The van der Waals surface area contributed by atoms with Gasteiger partial charge in [0.2, 0.25) is 0 Å². The van der Waals surface area contributed by atoms with Gasteiger partial charge in [-0.25, -0.2) is 4.79 Å². The Morgan fingerprint density at radius 3 is 2.56 bits per heavy atom. The summed E-state index contributed by atoms with van der Waals surface area (Å²) in [5.74, 6) is 0.373. The summed E-state index contributed by atoms with van der Waals surface area (Å²) in [5.41, 5.74) is 5.71. The number of hydrogen-bond acceptors (Lipinski definition) is 3. The Bertz CT molecular complexity index is 233. The van der Waals surface area contributed by atoms with Gasteiger partial charge >= 0.3 is 6.09 Å². The molecule has 1 fully saturated rings. The van der Waals surface area contributed by atoms with Crippen molar-refractivity contribution in [1.29, 1.82) is 0 Å². The highest BCUT2D eigenvalue weighted by molar-refractivity contribution is 5.68. The fourth-order valence-corrected chi connectivity index (χ4v) is 1.93. The molecule has 4 heteroatoms. The molecule has 1 aliphatic rings. The highest BCUT2D eigenvalue weighted by Gasteiger charge is 2.31. The van der Waals surface area contributed by atoms with Crippen molar-refractivity contribution in [1.82, 2.24) is 5.32 Å². The van der Waals surface area contributed by atoms with Crippen LogP contribution in [0.2, 0.25) is 0 Å². The summed E-state index contributed by atoms with van der Waals surface area (Å²) in [6, 6.07) is 0.293. The maximum atomic E-state index is 11.5. The second kappa shape index (κ2) is 5.53. The smallest absolute Gasteiger partial charge is 0.407 e. The predicted molar refractivity (Wildman–Crippen MR) is 64.2 cm³/mol. The summed E-state index contributed by atoms with van der Waals surface area (Å²) < 4.78 is 5.12. The quantitative estimate of drug-likeness (QED) is 0.776. The SMILES string of the molecule is CC(C)COC(=O)NC1(C)CCC(N)CC1. The van der Waals surface area contributed by atoms with Gasteiger partial charge in [0, 0.05) is 11.6 Å². The van der Waals surface area contributed by atoms with Gasteiger partial charge in [0.25, 0.3) is 0 Å². The third kappa shape index (κ3) is 4.39. The normalized spacial score (nSPS) is 30.2. The van der Waals surface area contributed by atoms with Crippen LogP contribution in [-0.4, -0.2) is 24.3 Å². The van der Waals surface area contributed by atoms with E-state index < -0.39 is 0 Å². The number of nitrogens with one attached hydrogen (secondary N) is 1. The number of rotatable bonds is 3. The van der Waals surface area contributed by atoms with E-state index in [0.717, 1.165) is 25.7 Å². The second-order valence-electron chi connectivity index (χ2n) is 5.52. The van der Waals surface area contributed by atoms with Gasteiger partial charge in [-0.2, -0.15) is 0 Å². The Labute approximate surface area is 97.9 Å². The van der Waals surface area contributed by atoms with E-state index in [9.17, 15) is 4.79 Å². The van der Waals surface area contributed by atoms with Crippen LogP contribution >= 0.6 is 0 Å². The molecule has 0 saturated heterocycles. The average molecular weight is 228 g/mol. The predicted octanol–water partition coefficient (Wildman–Crippen LogP) is 2.03.